The third-order valence-corrected chi connectivity index (χ3v) is 4.79. The van der Waals surface area contributed by atoms with E-state index in [-0.39, 0.29) is 34.5 Å². The predicted molar refractivity (Wildman–Crippen MR) is 105 cm³/mol. The number of hydrogen-bond acceptors (Lipinski definition) is 4. The Hall–Kier alpha value is -0.910. The van der Waals surface area contributed by atoms with Crippen LogP contribution in [0.15, 0.2) is 34.2 Å². The molecule has 1 atom stereocenters. The minimum absolute atomic E-state index is 0. The quantitative estimate of drug-likeness (QED) is 0.342. The Morgan fingerprint density at radius 3 is 2.50 bits per heavy atom. The Morgan fingerprint density at radius 1 is 1.33 bits per heavy atom. The van der Waals surface area contributed by atoms with Crippen molar-refractivity contribution in [1.29, 1.82) is 0 Å². The molecule has 0 amide bonds. The minimum Gasteiger partial charge on any atom is -0.373 e. The van der Waals surface area contributed by atoms with Gasteiger partial charge in [0.2, 0.25) is 10.0 Å². The van der Waals surface area contributed by atoms with Gasteiger partial charge in [-0.15, -0.1) is 24.0 Å². The van der Waals surface area contributed by atoms with Crippen LogP contribution in [0.25, 0.3) is 0 Å². The molecule has 1 aromatic rings. The SMILES string of the molecule is CN=C(NCc1ccc(S(N)(=O)=O)cc1)NCC1(C)CCCO1.I. The second-order valence-corrected chi connectivity index (χ2v) is 7.43. The lowest BCUT2D eigenvalue weighted by Crippen LogP contribution is -2.45. The molecule has 0 aromatic heterocycles. The molecule has 0 aliphatic carbocycles. The number of benzene rings is 1. The largest absolute Gasteiger partial charge is 0.373 e. The van der Waals surface area contributed by atoms with Crippen molar-refractivity contribution in [1.82, 2.24) is 10.6 Å². The van der Waals surface area contributed by atoms with Gasteiger partial charge in [0, 0.05) is 26.7 Å². The first-order valence-electron chi connectivity index (χ1n) is 7.53. The summed E-state index contributed by atoms with van der Waals surface area (Å²) < 4.78 is 28.2. The maximum atomic E-state index is 11.2. The van der Waals surface area contributed by atoms with Crippen LogP contribution in [-0.2, 0) is 21.3 Å². The highest BCUT2D eigenvalue weighted by atomic mass is 127. The van der Waals surface area contributed by atoms with Crippen molar-refractivity contribution in [2.24, 2.45) is 10.1 Å². The minimum atomic E-state index is -3.65. The smallest absolute Gasteiger partial charge is 0.238 e. The van der Waals surface area contributed by atoms with Gasteiger partial charge >= 0.3 is 0 Å². The van der Waals surface area contributed by atoms with Gasteiger partial charge in [-0.25, -0.2) is 13.6 Å². The summed E-state index contributed by atoms with van der Waals surface area (Å²) in [5.41, 5.74) is 0.790. The van der Waals surface area contributed by atoms with Crippen LogP contribution in [-0.4, -0.2) is 40.2 Å². The second-order valence-electron chi connectivity index (χ2n) is 5.87. The molecule has 0 spiro atoms. The van der Waals surface area contributed by atoms with E-state index in [1.54, 1.807) is 19.2 Å². The van der Waals surface area contributed by atoms with Gasteiger partial charge in [-0.05, 0) is 37.5 Å². The number of aliphatic imine (C=N–C) groups is 1. The number of ether oxygens (including phenoxy) is 1. The molecule has 1 aliphatic rings. The molecular formula is C15H25IN4O3S. The lowest BCUT2D eigenvalue weighted by molar-refractivity contribution is 0.0243. The Kier molecular flexibility index (Phi) is 7.90. The molecule has 0 saturated carbocycles. The highest BCUT2D eigenvalue weighted by Gasteiger charge is 2.29. The van der Waals surface area contributed by atoms with Crippen LogP contribution in [0.1, 0.15) is 25.3 Å². The fraction of sp³-hybridized carbons (Fsp3) is 0.533. The van der Waals surface area contributed by atoms with Crippen molar-refractivity contribution in [2.75, 3.05) is 20.2 Å². The zero-order valence-corrected chi connectivity index (χ0v) is 17.1. The van der Waals surface area contributed by atoms with Gasteiger partial charge < -0.3 is 15.4 Å². The van der Waals surface area contributed by atoms with Gasteiger partial charge in [0.25, 0.3) is 0 Å². The maximum absolute atomic E-state index is 11.2. The van der Waals surface area contributed by atoms with Crippen molar-refractivity contribution in [3.05, 3.63) is 29.8 Å². The molecule has 0 radical (unpaired) electrons. The van der Waals surface area contributed by atoms with E-state index in [0.717, 1.165) is 25.0 Å². The molecule has 4 N–H and O–H groups in total. The van der Waals surface area contributed by atoms with Crippen molar-refractivity contribution >= 4 is 40.0 Å². The number of nitrogens with one attached hydrogen (secondary N) is 2. The maximum Gasteiger partial charge on any atom is 0.238 e. The second kappa shape index (κ2) is 8.97. The van der Waals surface area contributed by atoms with E-state index in [2.05, 4.69) is 22.5 Å². The average Bonchev–Trinajstić information content (AvgIpc) is 2.94. The predicted octanol–water partition coefficient (Wildman–Crippen LogP) is 1.19. The molecule has 9 heteroatoms. The molecule has 1 aliphatic heterocycles. The molecule has 2 rings (SSSR count). The third kappa shape index (κ3) is 6.19. The summed E-state index contributed by atoms with van der Waals surface area (Å²) in [4.78, 5) is 4.28. The van der Waals surface area contributed by atoms with Crippen molar-refractivity contribution in [2.45, 2.75) is 36.8 Å². The van der Waals surface area contributed by atoms with E-state index in [4.69, 9.17) is 9.88 Å². The molecular weight excluding hydrogens is 443 g/mol. The molecule has 136 valence electrons. The van der Waals surface area contributed by atoms with E-state index >= 15 is 0 Å². The van der Waals surface area contributed by atoms with Gasteiger partial charge in [-0.3, -0.25) is 4.99 Å². The summed E-state index contributed by atoms with van der Waals surface area (Å²) in [5.74, 6) is 0.678. The Morgan fingerprint density at radius 2 is 2.00 bits per heavy atom. The van der Waals surface area contributed by atoms with Crippen molar-refractivity contribution in [3.63, 3.8) is 0 Å². The van der Waals surface area contributed by atoms with Gasteiger partial charge in [0.15, 0.2) is 5.96 Å². The lowest BCUT2D eigenvalue weighted by Gasteiger charge is -2.24. The topological polar surface area (TPSA) is 106 Å². The van der Waals surface area contributed by atoms with Crippen LogP contribution in [0.4, 0.5) is 0 Å². The molecule has 1 heterocycles. The lowest BCUT2D eigenvalue weighted by atomic mass is 10.0. The van der Waals surface area contributed by atoms with Crippen LogP contribution >= 0.6 is 24.0 Å². The fourth-order valence-electron chi connectivity index (χ4n) is 2.45. The standard InChI is InChI=1S/C15H24N4O3S.HI/c1-15(8-3-9-22-15)11-19-14(17-2)18-10-12-4-6-13(7-5-12)23(16,20)21;/h4-7H,3,8-11H2,1-2H3,(H2,16,20,21)(H2,17,18,19);1H. The van der Waals surface area contributed by atoms with Crippen LogP contribution in [0.5, 0.6) is 0 Å². The summed E-state index contributed by atoms with van der Waals surface area (Å²) in [6, 6.07) is 6.44. The van der Waals surface area contributed by atoms with E-state index < -0.39 is 10.0 Å². The molecule has 1 aromatic carbocycles. The summed E-state index contributed by atoms with van der Waals surface area (Å²) >= 11 is 0. The summed E-state index contributed by atoms with van der Waals surface area (Å²) in [7, 11) is -1.95. The number of hydrogen-bond donors (Lipinski definition) is 3. The number of nitrogens with zero attached hydrogens (tertiary/aromatic N) is 1. The van der Waals surface area contributed by atoms with Crippen LogP contribution in [0.3, 0.4) is 0 Å². The number of halogens is 1. The Balaban J connectivity index is 0.00000288. The number of rotatable bonds is 5. The molecule has 1 saturated heterocycles. The Bertz CT molecular complexity index is 656. The van der Waals surface area contributed by atoms with E-state index in [9.17, 15) is 8.42 Å². The average molecular weight is 468 g/mol. The van der Waals surface area contributed by atoms with Crippen LogP contribution < -0.4 is 15.8 Å². The van der Waals surface area contributed by atoms with Crippen molar-refractivity contribution < 1.29 is 13.2 Å². The summed E-state index contributed by atoms with van der Waals surface area (Å²) in [5, 5.41) is 11.5. The van der Waals surface area contributed by atoms with Crippen LogP contribution in [0, 0.1) is 0 Å². The van der Waals surface area contributed by atoms with E-state index in [1.807, 2.05) is 0 Å². The van der Waals surface area contributed by atoms with Gasteiger partial charge in [-0.1, -0.05) is 12.1 Å². The number of guanidine groups is 1. The number of sulfonamides is 1. The number of primary sulfonamides is 1. The van der Waals surface area contributed by atoms with E-state index in [1.165, 1.54) is 12.1 Å². The van der Waals surface area contributed by atoms with Gasteiger partial charge in [0.05, 0.1) is 10.5 Å². The van der Waals surface area contributed by atoms with Gasteiger partial charge in [-0.2, -0.15) is 0 Å². The Labute approximate surface area is 160 Å². The molecule has 1 fully saturated rings. The first-order chi connectivity index (χ1) is 10.8. The zero-order chi connectivity index (χ0) is 16.9. The third-order valence-electron chi connectivity index (χ3n) is 3.87. The number of nitrogens with two attached hydrogens (primary N) is 1. The molecule has 0 bridgehead atoms. The summed E-state index contributed by atoms with van der Waals surface area (Å²) in [6.45, 7) is 4.12. The molecule has 1 unspecified atom stereocenters. The molecule has 7 nitrogen and oxygen atoms in total. The highest BCUT2D eigenvalue weighted by molar-refractivity contribution is 14.0. The normalized spacial score (nSPS) is 21.2. The first-order valence-corrected chi connectivity index (χ1v) is 9.07. The first kappa shape index (κ1) is 21.1. The van der Waals surface area contributed by atoms with E-state index in [0.29, 0.717) is 19.0 Å². The molecule has 24 heavy (non-hydrogen) atoms. The summed E-state index contributed by atoms with van der Waals surface area (Å²) in [6.07, 6.45) is 2.12. The fourth-order valence-corrected chi connectivity index (χ4v) is 2.97. The van der Waals surface area contributed by atoms with Gasteiger partial charge in [0.1, 0.15) is 0 Å². The zero-order valence-electron chi connectivity index (χ0n) is 13.9. The van der Waals surface area contributed by atoms with Crippen LogP contribution in [0.2, 0.25) is 0 Å². The monoisotopic (exact) mass is 468 g/mol. The highest BCUT2D eigenvalue weighted by Crippen LogP contribution is 2.23. The van der Waals surface area contributed by atoms with Crippen molar-refractivity contribution in [3.8, 4) is 0 Å².